The second-order valence-electron chi connectivity index (χ2n) is 11.0. The smallest absolute Gasteiger partial charge is 0.410 e. The van der Waals surface area contributed by atoms with Crippen molar-refractivity contribution in [2.45, 2.75) is 52.3 Å². The summed E-state index contributed by atoms with van der Waals surface area (Å²) in [5.41, 5.74) is 3.04. The van der Waals surface area contributed by atoms with Crippen molar-refractivity contribution in [1.29, 1.82) is 0 Å². The molecule has 1 saturated heterocycles. The summed E-state index contributed by atoms with van der Waals surface area (Å²) in [5.74, 6) is 0.749. The summed E-state index contributed by atoms with van der Waals surface area (Å²) >= 11 is 13.3. The highest BCUT2D eigenvalue weighted by Crippen LogP contribution is 2.38. The molecule has 4 aromatic rings. The molecule has 0 radical (unpaired) electrons. The monoisotopic (exact) mass is 565 g/mol. The summed E-state index contributed by atoms with van der Waals surface area (Å²) in [6, 6.07) is 17.7. The van der Waals surface area contributed by atoms with Crippen LogP contribution in [0.4, 0.5) is 10.7 Å². The van der Waals surface area contributed by atoms with Crippen LogP contribution in [-0.2, 0) is 17.8 Å². The van der Waals surface area contributed by atoms with Crippen LogP contribution in [0.15, 0.2) is 60.8 Å². The zero-order valence-corrected chi connectivity index (χ0v) is 24.0. The summed E-state index contributed by atoms with van der Waals surface area (Å²) in [7, 11) is 0. The van der Waals surface area contributed by atoms with E-state index < -0.39 is 5.60 Å². The zero-order valence-electron chi connectivity index (χ0n) is 22.5. The maximum absolute atomic E-state index is 12.8. The molecule has 1 N–H and O–H groups in total. The Morgan fingerprint density at radius 1 is 1.10 bits per heavy atom. The molecule has 7 nitrogen and oxygen atoms in total. The number of nitrogens with zero attached hydrogens (tertiary/aromatic N) is 4. The average Bonchev–Trinajstić information content (AvgIpc) is 3.24. The van der Waals surface area contributed by atoms with Crippen LogP contribution >= 0.6 is 23.2 Å². The van der Waals surface area contributed by atoms with Gasteiger partial charge in [0.25, 0.3) is 0 Å². The minimum Gasteiger partial charge on any atom is -0.444 e. The molecule has 0 aliphatic carbocycles. The molecule has 1 fully saturated rings. The zero-order chi connectivity index (χ0) is 27.6. The van der Waals surface area contributed by atoms with Gasteiger partial charge in [0.2, 0.25) is 5.95 Å². The lowest BCUT2D eigenvalue weighted by Crippen LogP contribution is -2.43. The number of carbonyl (C=O) groups is 1. The van der Waals surface area contributed by atoms with E-state index in [1.807, 2.05) is 74.3 Å². The number of ether oxygens (including phenoxy) is 1. The van der Waals surface area contributed by atoms with Crippen LogP contribution in [0.3, 0.4) is 0 Å². The molecule has 0 bridgehead atoms. The largest absolute Gasteiger partial charge is 0.444 e. The van der Waals surface area contributed by atoms with Crippen LogP contribution in [0.5, 0.6) is 0 Å². The maximum atomic E-state index is 12.8. The third-order valence-corrected chi connectivity index (χ3v) is 7.39. The molecule has 1 aliphatic heterocycles. The van der Waals surface area contributed by atoms with Crippen molar-refractivity contribution in [2.24, 2.45) is 5.92 Å². The lowest BCUT2D eigenvalue weighted by atomic mass is 9.98. The first kappa shape index (κ1) is 27.3. The Balaban J connectivity index is 1.48. The first-order valence-electron chi connectivity index (χ1n) is 13.2. The van der Waals surface area contributed by atoms with Crippen molar-refractivity contribution in [3.05, 3.63) is 76.4 Å². The van der Waals surface area contributed by atoms with E-state index >= 15 is 0 Å². The van der Waals surface area contributed by atoms with Crippen molar-refractivity contribution >= 4 is 46.3 Å². The highest BCUT2D eigenvalue weighted by molar-refractivity contribution is 6.39. The van der Waals surface area contributed by atoms with E-state index in [2.05, 4.69) is 27.0 Å². The molecule has 5 rings (SSSR count). The fraction of sp³-hybridized carbons (Fsp3) is 0.367. The van der Waals surface area contributed by atoms with Crippen molar-refractivity contribution < 1.29 is 9.53 Å². The van der Waals surface area contributed by atoms with Gasteiger partial charge in [-0.3, -0.25) is 0 Å². The third-order valence-electron chi connectivity index (χ3n) is 6.76. The highest BCUT2D eigenvalue weighted by atomic mass is 35.5. The normalized spacial score (nSPS) is 15.9. The van der Waals surface area contributed by atoms with Gasteiger partial charge in [-0.15, -0.1) is 0 Å². The van der Waals surface area contributed by atoms with Crippen LogP contribution < -0.4 is 5.32 Å². The molecule has 39 heavy (non-hydrogen) atoms. The van der Waals surface area contributed by atoms with E-state index in [0.717, 1.165) is 40.7 Å². The van der Waals surface area contributed by atoms with Crippen molar-refractivity contribution in [2.75, 3.05) is 18.4 Å². The van der Waals surface area contributed by atoms with Gasteiger partial charge in [0.15, 0.2) is 0 Å². The number of nitrogens with one attached hydrogen (secondary N) is 1. The lowest BCUT2D eigenvalue weighted by molar-refractivity contribution is 0.0158. The van der Waals surface area contributed by atoms with Crippen LogP contribution in [0, 0.1) is 5.92 Å². The predicted molar refractivity (Wildman–Crippen MR) is 157 cm³/mol. The Hall–Kier alpha value is -3.29. The summed E-state index contributed by atoms with van der Waals surface area (Å²) < 4.78 is 7.82. The number of aromatic nitrogens is 3. The van der Waals surface area contributed by atoms with Crippen LogP contribution in [0.2, 0.25) is 10.0 Å². The number of benzene rings is 2. The fourth-order valence-electron chi connectivity index (χ4n) is 5.00. The lowest BCUT2D eigenvalue weighted by Gasteiger charge is -2.34. The van der Waals surface area contributed by atoms with Gasteiger partial charge in [-0.05, 0) is 63.3 Å². The van der Waals surface area contributed by atoms with E-state index in [0.29, 0.717) is 42.2 Å². The minimum absolute atomic E-state index is 0.206. The first-order chi connectivity index (χ1) is 18.7. The van der Waals surface area contributed by atoms with E-state index in [1.54, 1.807) is 0 Å². The van der Waals surface area contributed by atoms with E-state index in [-0.39, 0.29) is 12.0 Å². The molecule has 1 atom stereocenters. The van der Waals surface area contributed by atoms with Gasteiger partial charge in [0.05, 0.1) is 15.7 Å². The third kappa shape index (κ3) is 6.48. The number of hydrogen-bond donors (Lipinski definition) is 1. The molecule has 2 aromatic carbocycles. The summed E-state index contributed by atoms with van der Waals surface area (Å²) in [6.07, 6.45) is 3.45. The molecular formula is C30H33Cl2N5O2. The predicted octanol–water partition coefficient (Wildman–Crippen LogP) is 7.66. The van der Waals surface area contributed by atoms with Crippen LogP contribution in [-0.4, -0.2) is 44.2 Å². The Labute approximate surface area is 239 Å². The molecule has 1 aliphatic rings. The molecule has 204 valence electrons. The number of anilines is 1. The van der Waals surface area contributed by atoms with Crippen LogP contribution in [0.25, 0.3) is 22.3 Å². The number of halogens is 2. The number of rotatable bonds is 6. The standard InChI is InChI=1S/C30H33Cl2N5O2/c1-30(2,3)39-29(38)36-14-8-11-21(18-36)19-37-25(26-23(31)12-7-13-24(26)32)15-22-17-34-28(35-27(22)37)33-16-20-9-5-4-6-10-20/h4-7,9-10,12-13,15,17,21H,8,11,14,16,18-19H2,1-3H3,(H,33,34,35). The first-order valence-corrected chi connectivity index (χ1v) is 14.0. The Morgan fingerprint density at radius 3 is 2.56 bits per heavy atom. The number of fused-ring (bicyclic) bond motifs is 1. The fourth-order valence-corrected chi connectivity index (χ4v) is 5.59. The molecule has 2 aromatic heterocycles. The summed E-state index contributed by atoms with van der Waals surface area (Å²) in [5, 5.41) is 5.38. The van der Waals surface area contributed by atoms with Crippen LogP contribution in [0.1, 0.15) is 39.2 Å². The highest BCUT2D eigenvalue weighted by Gasteiger charge is 2.29. The van der Waals surface area contributed by atoms with Crippen molar-refractivity contribution in [3.8, 4) is 11.3 Å². The topological polar surface area (TPSA) is 72.3 Å². The molecule has 1 amide bonds. The van der Waals surface area contributed by atoms with Gasteiger partial charge < -0.3 is 19.5 Å². The number of hydrogen-bond acceptors (Lipinski definition) is 5. The second-order valence-corrected chi connectivity index (χ2v) is 11.8. The summed E-state index contributed by atoms with van der Waals surface area (Å²) in [4.78, 5) is 24.1. The SMILES string of the molecule is CC(C)(C)OC(=O)N1CCCC(Cn2c(-c3c(Cl)cccc3Cl)cc3cnc(NCc4ccccc4)nc32)C1. The molecular weight excluding hydrogens is 533 g/mol. The second kappa shape index (κ2) is 11.4. The summed E-state index contributed by atoms with van der Waals surface area (Å²) in [6.45, 7) is 8.23. The van der Waals surface area contributed by atoms with Gasteiger partial charge in [-0.1, -0.05) is 59.6 Å². The van der Waals surface area contributed by atoms with E-state index in [1.165, 1.54) is 0 Å². The van der Waals surface area contributed by atoms with Gasteiger partial charge in [0, 0.05) is 43.3 Å². The maximum Gasteiger partial charge on any atom is 0.410 e. The van der Waals surface area contributed by atoms with Crippen molar-refractivity contribution in [3.63, 3.8) is 0 Å². The number of carbonyl (C=O) groups excluding carboxylic acids is 1. The number of amides is 1. The molecule has 0 spiro atoms. The van der Waals surface area contributed by atoms with E-state index in [4.69, 9.17) is 32.9 Å². The Morgan fingerprint density at radius 2 is 1.85 bits per heavy atom. The number of likely N-dealkylation sites (tertiary alicyclic amines) is 1. The molecule has 1 unspecified atom stereocenters. The van der Waals surface area contributed by atoms with Gasteiger partial charge in [-0.25, -0.2) is 9.78 Å². The Bertz CT molecular complexity index is 1450. The average molecular weight is 567 g/mol. The minimum atomic E-state index is -0.533. The van der Waals surface area contributed by atoms with Gasteiger partial charge in [-0.2, -0.15) is 4.98 Å². The quantitative estimate of drug-likeness (QED) is 0.259. The Kier molecular flexibility index (Phi) is 8.01. The van der Waals surface area contributed by atoms with Gasteiger partial charge in [0.1, 0.15) is 11.2 Å². The van der Waals surface area contributed by atoms with Crippen molar-refractivity contribution in [1.82, 2.24) is 19.4 Å². The number of piperidine rings is 1. The van der Waals surface area contributed by atoms with Gasteiger partial charge >= 0.3 is 6.09 Å². The molecule has 9 heteroatoms. The molecule has 3 heterocycles. The van der Waals surface area contributed by atoms with E-state index in [9.17, 15) is 4.79 Å². The molecule has 0 saturated carbocycles.